The van der Waals surface area contributed by atoms with E-state index in [9.17, 15) is 9.59 Å². The molecule has 0 saturated heterocycles. The summed E-state index contributed by atoms with van der Waals surface area (Å²) in [5, 5.41) is 5.97. The minimum Gasteiger partial charge on any atom is -0.465 e. The normalized spacial score (nSPS) is 10.4. The van der Waals surface area contributed by atoms with E-state index in [0.29, 0.717) is 35.1 Å². The van der Waals surface area contributed by atoms with Crippen molar-refractivity contribution in [2.45, 2.75) is 20.3 Å². The van der Waals surface area contributed by atoms with Gasteiger partial charge in [0.2, 0.25) is 0 Å². The standard InChI is InChI=1S/C19H23N3O3/c1-13(2)10-11-20-18(23)17-9-8-14(12-21-17)22-16-7-5-4-6-15(16)19(24)25-3/h4-9,12-13,22H,10-11H2,1-3H3,(H,20,23). The van der Waals surface area contributed by atoms with Crippen LogP contribution in [0, 0.1) is 5.92 Å². The molecule has 0 atom stereocenters. The van der Waals surface area contributed by atoms with Gasteiger partial charge in [-0.3, -0.25) is 4.79 Å². The topological polar surface area (TPSA) is 80.3 Å². The summed E-state index contributed by atoms with van der Waals surface area (Å²) < 4.78 is 4.77. The highest BCUT2D eigenvalue weighted by Crippen LogP contribution is 2.21. The van der Waals surface area contributed by atoms with E-state index in [1.165, 1.54) is 7.11 Å². The number of rotatable bonds is 7. The number of benzene rings is 1. The maximum absolute atomic E-state index is 12.0. The van der Waals surface area contributed by atoms with Gasteiger partial charge < -0.3 is 15.4 Å². The van der Waals surface area contributed by atoms with E-state index in [-0.39, 0.29) is 5.91 Å². The van der Waals surface area contributed by atoms with Crippen LogP contribution in [0.25, 0.3) is 0 Å². The Morgan fingerprint density at radius 2 is 1.92 bits per heavy atom. The maximum atomic E-state index is 12.0. The second kappa shape index (κ2) is 8.82. The van der Waals surface area contributed by atoms with Crippen molar-refractivity contribution in [2.24, 2.45) is 5.92 Å². The average molecular weight is 341 g/mol. The summed E-state index contributed by atoms with van der Waals surface area (Å²) in [5.41, 5.74) is 2.08. The Hall–Kier alpha value is -2.89. The summed E-state index contributed by atoms with van der Waals surface area (Å²) in [4.78, 5) is 28.0. The zero-order valence-corrected chi connectivity index (χ0v) is 14.7. The van der Waals surface area contributed by atoms with Gasteiger partial charge in [0.05, 0.1) is 30.2 Å². The largest absolute Gasteiger partial charge is 0.465 e. The summed E-state index contributed by atoms with van der Waals surface area (Å²) in [7, 11) is 1.34. The molecule has 2 N–H and O–H groups in total. The molecule has 1 heterocycles. The van der Waals surface area contributed by atoms with Gasteiger partial charge in [0.15, 0.2) is 0 Å². The fourth-order valence-corrected chi connectivity index (χ4v) is 2.20. The molecule has 0 unspecified atom stereocenters. The molecule has 132 valence electrons. The van der Waals surface area contributed by atoms with E-state index in [0.717, 1.165) is 6.42 Å². The number of esters is 1. The molecule has 1 aromatic heterocycles. The fraction of sp³-hybridized carbons (Fsp3) is 0.316. The Labute approximate surface area is 147 Å². The number of methoxy groups -OCH3 is 1. The van der Waals surface area contributed by atoms with Gasteiger partial charge in [-0.2, -0.15) is 0 Å². The van der Waals surface area contributed by atoms with Gasteiger partial charge in [-0.05, 0) is 36.6 Å². The molecule has 25 heavy (non-hydrogen) atoms. The Bertz CT molecular complexity index is 727. The maximum Gasteiger partial charge on any atom is 0.339 e. The minimum absolute atomic E-state index is 0.192. The number of nitrogens with one attached hydrogen (secondary N) is 2. The molecule has 0 saturated carbocycles. The van der Waals surface area contributed by atoms with Crippen LogP contribution < -0.4 is 10.6 Å². The third-order valence-electron chi connectivity index (χ3n) is 3.61. The number of amides is 1. The van der Waals surface area contributed by atoms with Crippen LogP contribution in [-0.4, -0.2) is 30.5 Å². The molecule has 1 amide bonds. The van der Waals surface area contributed by atoms with Crippen molar-refractivity contribution < 1.29 is 14.3 Å². The molecule has 0 radical (unpaired) electrons. The quantitative estimate of drug-likeness (QED) is 0.755. The first kappa shape index (κ1) is 18.4. The van der Waals surface area contributed by atoms with Gasteiger partial charge in [0.25, 0.3) is 5.91 Å². The highest BCUT2D eigenvalue weighted by atomic mass is 16.5. The van der Waals surface area contributed by atoms with Gasteiger partial charge in [-0.15, -0.1) is 0 Å². The summed E-state index contributed by atoms with van der Waals surface area (Å²) in [6, 6.07) is 10.4. The van der Waals surface area contributed by atoms with Crippen LogP contribution in [0.5, 0.6) is 0 Å². The number of carbonyl (C=O) groups excluding carboxylic acids is 2. The van der Waals surface area contributed by atoms with Gasteiger partial charge in [0, 0.05) is 6.54 Å². The zero-order valence-electron chi connectivity index (χ0n) is 14.7. The van der Waals surface area contributed by atoms with Gasteiger partial charge in [-0.1, -0.05) is 26.0 Å². The van der Waals surface area contributed by atoms with Gasteiger partial charge in [-0.25, -0.2) is 9.78 Å². The average Bonchev–Trinajstić information content (AvgIpc) is 2.61. The third kappa shape index (κ3) is 5.31. The zero-order chi connectivity index (χ0) is 18.2. The number of ether oxygens (including phenoxy) is 1. The van der Waals surface area contributed by atoms with Crippen molar-refractivity contribution in [3.05, 3.63) is 53.9 Å². The Morgan fingerprint density at radius 3 is 2.56 bits per heavy atom. The van der Waals surface area contributed by atoms with Crippen LogP contribution >= 0.6 is 0 Å². The first-order valence-corrected chi connectivity index (χ1v) is 8.20. The first-order chi connectivity index (χ1) is 12.0. The van der Waals surface area contributed by atoms with E-state index in [2.05, 4.69) is 29.5 Å². The Morgan fingerprint density at radius 1 is 1.16 bits per heavy atom. The van der Waals surface area contributed by atoms with Crippen LogP contribution in [0.4, 0.5) is 11.4 Å². The molecule has 0 aliphatic rings. The van der Waals surface area contributed by atoms with Gasteiger partial charge in [0.1, 0.15) is 5.69 Å². The molecule has 6 nitrogen and oxygen atoms in total. The number of carbonyl (C=O) groups is 2. The molecule has 2 rings (SSSR count). The van der Waals surface area contributed by atoms with Crippen molar-refractivity contribution in [1.29, 1.82) is 0 Å². The van der Waals surface area contributed by atoms with E-state index in [1.54, 1.807) is 36.5 Å². The van der Waals surface area contributed by atoms with E-state index in [4.69, 9.17) is 4.74 Å². The van der Waals surface area contributed by atoms with Crippen LogP contribution in [0.15, 0.2) is 42.6 Å². The van der Waals surface area contributed by atoms with Crippen LogP contribution in [-0.2, 0) is 4.74 Å². The lowest BCUT2D eigenvalue weighted by Gasteiger charge is -2.11. The van der Waals surface area contributed by atoms with Crippen LogP contribution in [0.3, 0.4) is 0 Å². The monoisotopic (exact) mass is 341 g/mol. The molecule has 0 fully saturated rings. The summed E-state index contributed by atoms with van der Waals surface area (Å²) in [5.74, 6) is -0.0749. The number of pyridine rings is 1. The minimum atomic E-state index is -0.419. The highest BCUT2D eigenvalue weighted by Gasteiger charge is 2.12. The van der Waals surface area contributed by atoms with Crippen LogP contribution in [0.1, 0.15) is 41.1 Å². The Kier molecular flexibility index (Phi) is 6.51. The number of para-hydroxylation sites is 1. The molecule has 1 aromatic carbocycles. The molecule has 2 aromatic rings. The van der Waals surface area contributed by atoms with Crippen molar-refractivity contribution >= 4 is 23.3 Å². The number of anilines is 2. The summed E-state index contributed by atoms with van der Waals surface area (Å²) >= 11 is 0. The summed E-state index contributed by atoms with van der Waals surface area (Å²) in [6.07, 6.45) is 2.49. The highest BCUT2D eigenvalue weighted by molar-refractivity contribution is 5.96. The molecular formula is C19H23N3O3. The van der Waals surface area contributed by atoms with Crippen molar-refractivity contribution in [1.82, 2.24) is 10.3 Å². The Balaban J connectivity index is 2.04. The van der Waals surface area contributed by atoms with E-state index < -0.39 is 5.97 Å². The van der Waals surface area contributed by atoms with E-state index in [1.807, 2.05) is 6.07 Å². The molecule has 6 heteroatoms. The SMILES string of the molecule is COC(=O)c1ccccc1Nc1ccc(C(=O)NCCC(C)C)nc1. The number of nitrogens with zero attached hydrogens (tertiary/aromatic N) is 1. The second-order valence-electron chi connectivity index (χ2n) is 6.03. The predicted octanol–water partition coefficient (Wildman–Crippen LogP) is 3.39. The van der Waals surface area contributed by atoms with Crippen molar-refractivity contribution in [2.75, 3.05) is 19.0 Å². The second-order valence-corrected chi connectivity index (χ2v) is 6.03. The lowest BCUT2D eigenvalue weighted by Crippen LogP contribution is -2.26. The van der Waals surface area contributed by atoms with Crippen molar-refractivity contribution in [3.8, 4) is 0 Å². The summed E-state index contributed by atoms with van der Waals surface area (Å²) in [6.45, 7) is 4.85. The lowest BCUT2D eigenvalue weighted by molar-refractivity contribution is 0.0601. The molecule has 0 spiro atoms. The third-order valence-corrected chi connectivity index (χ3v) is 3.61. The molecule has 0 aliphatic carbocycles. The first-order valence-electron chi connectivity index (χ1n) is 8.20. The number of hydrogen-bond acceptors (Lipinski definition) is 5. The number of hydrogen-bond donors (Lipinski definition) is 2. The fourth-order valence-electron chi connectivity index (χ4n) is 2.20. The smallest absolute Gasteiger partial charge is 0.339 e. The predicted molar refractivity (Wildman–Crippen MR) is 97.1 cm³/mol. The van der Waals surface area contributed by atoms with E-state index >= 15 is 0 Å². The van der Waals surface area contributed by atoms with Crippen molar-refractivity contribution in [3.63, 3.8) is 0 Å². The van der Waals surface area contributed by atoms with Crippen LogP contribution in [0.2, 0.25) is 0 Å². The molecule has 0 bridgehead atoms. The van der Waals surface area contributed by atoms with Gasteiger partial charge >= 0.3 is 5.97 Å². The molecule has 0 aliphatic heterocycles. The number of aromatic nitrogens is 1. The molecular weight excluding hydrogens is 318 g/mol. The lowest BCUT2D eigenvalue weighted by atomic mass is 10.1.